The molecular formula is C16H30N2OS2. The number of amides is 1. The summed E-state index contributed by atoms with van der Waals surface area (Å²) >= 11 is 4.14. The molecule has 0 aromatic rings. The molecule has 2 saturated heterocycles. The van der Waals surface area contributed by atoms with E-state index >= 15 is 0 Å². The van der Waals surface area contributed by atoms with Crippen LogP contribution in [0.25, 0.3) is 0 Å². The first-order valence-electron chi connectivity index (χ1n) is 8.49. The Morgan fingerprint density at radius 3 is 2.67 bits per heavy atom. The van der Waals surface area contributed by atoms with Crippen molar-refractivity contribution >= 4 is 29.4 Å². The van der Waals surface area contributed by atoms with Crippen molar-refractivity contribution in [2.75, 3.05) is 36.1 Å². The number of thioether (sulfide) groups is 2. The lowest BCUT2D eigenvalue weighted by atomic mass is 10.1. The molecule has 0 bridgehead atoms. The largest absolute Gasteiger partial charge is 0.341 e. The van der Waals surface area contributed by atoms with Gasteiger partial charge in [0.15, 0.2) is 0 Å². The molecule has 21 heavy (non-hydrogen) atoms. The average molecular weight is 331 g/mol. The average Bonchev–Trinajstić information content (AvgIpc) is 2.88. The summed E-state index contributed by atoms with van der Waals surface area (Å²) in [6.07, 6.45) is 6.52. The Hall–Kier alpha value is 0.130. The summed E-state index contributed by atoms with van der Waals surface area (Å²) in [5.74, 6) is 5.40. The Kier molecular flexibility index (Phi) is 8.33. The van der Waals surface area contributed by atoms with Gasteiger partial charge in [-0.15, -0.1) is 0 Å². The van der Waals surface area contributed by atoms with Gasteiger partial charge in [0, 0.05) is 54.6 Å². The normalized spacial score (nSPS) is 25.4. The summed E-state index contributed by atoms with van der Waals surface area (Å²) in [5.41, 5.74) is 0. The molecule has 2 rings (SSSR count). The topological polar surface area (TPSA) is 32.3 Å². The molecule has 0 aromatic heterocycles. The lowest BCUT2D eigenvalue weighted by molar-refractivity contribution is -0.131. The van der Waals surface area contributed by atoms with Crippen LogP contribution in [0.4, 0.5) is 0 Å². The molecule has 1 atom stereocenters. The van der Waals surface area contributed by atoms with E-state index in [2.05, 4.69) is 40.7 Å². The first kappa shape index (κ1) is 17.5. The first-order chi connectivity index (χ1) is 10.3. The quantitative estimate of drug-likeness (QED) is 0.840. The van der Waals surface area contributed by atoms with E-state index in [0.29, 0.717) is 18.0 Å². The molecule has 0 spiro atoms. The third-order valence-corrected chi connectivity index (χ3v) is 6.77. The molecule has 2 fully saturated rings. The van der Waals surface area contributed by atoms with E-state index in [1.807, 2.05) is 0 Å². The molecule has 2 aliphatic rings. The standard InChI is InChI=1S/C16H30N2OS2/c1-2-3-7-16(19)18-8-5-4-6-14(11-18)17-15-12-20-9-10-21-13-15/h14-15,17H,2-13H2,1H3/t14-/m1/s1. The van der Waals surface area contributed by atoms with Crippen molar-refractivity contribution in [2.24, 2.45) is 0 Å². The van der Waals surface area contributed by atoms with Crippen molar-refractivity contribution < 1.29 is 4.79 Å². The number of hydrogen-bond donors (Lipinski definition) is 1. The number of hydrogen-bond acceptors (Lipinski definition) is 4. The molecule has 0 aromatic carbocycles. The second-order valence-electron chi connectivity index (χ2n) is 6.15. The van der Waals surface area contributed by atoms with Crippen LogP contribution in [-0.4, -0.2) is 59.0 Å². The predicted octanol–water partition coefficient (Wildman–Crippen LogP) is 3.00. The highest BCUT2D eigenvalue weighted by molar-refractivity contribution is 8.03. The Morgan fingerprint density at radius 2 is 1.95 bits per heavy atom. The molecule has 0 saturated carbocycles. The van der Waals surface area contributed by atoms with Crippen LogP contribution < -0.4 is 5.32 Å². The molecule has 0 unspecified atom stereocenters. The van der Waals surface area contributed by atoms with E-state index in [9.17, 15) is 4.79 Å². The molecular weight excluding hydrogens is 300 g/mol. The van der Waals surface area contributed by atoms with Crippen molar-refractivity contribution in [3.8, 4) is 0 Å². The minimum absolute atomic E-state index is 0.371. The summed E-state index contributed by atoms with van der Waals surface area (Å²) in [5, 5.41) is 3.84. The molecule has 122 valence electrons. The van der Waals surface area contributed by atoms with Gasteiger partial charge in [-0.3, -0.25) is 4.79 Å². The van der Waals surface area contributed by atoms with Gasteiger partial charge in [-0.1, -0.05) is 19.8 Å². The molecule has 0 radical (unpaired) electrons. The van der Waals surface area contributed by atoms with Gasteiger partial charge in [0.1, 0.15) is 0 Å². The fourth-order valence-corrected chi connectivity index (χ4v) is 5.46. The number of carbonyl (C=O) groups is 1. The fraction of sp³-hybridized carbons (Fsp3) is 0.938. The zero-order valence-corrected chi connectivity index (χ0v) is 14.9. The number of carbonyl (C=O) groups excluding carboxylic acids is 1. The zero-order chi connectivity index (χ0) is 14.9. The van der Waals surface area contributed by atoms with Crippen LogP contribution in [0.1, 0.15) is 45.4 Å². The summed E-state index contributed by atoms with van der Waals surface area (Å²) in [6.45, 7) is 4.05. The van der Waals surface area contributed by atoms with Crippen LogP contribution in [0.3, 0.4) is 0 Å². The molecule has 2 heterocycles. The molecule has 3 nitrogen and oxygen atoms in total. The maximum Gasteiger partial charge on any atom is 0.222 e. The molecule has 1 amide bonds. The Morgan fingerprint density at radius 1 is 1.19 bits per heavy atom. The smallest absolute Gasteiger partial charge is 0.222 e. The number of unbranched alkanes of at least 4 members (excludes halogenated alkanes) is 1. The number of likely N-dealkylation sites (tertiary alicyclic amines) is 1. The second-order valence-corrected chi connectivity index (χ2v) is 8.45. The van der Waals surface area contributed by atoms with Crippen LogP contribution >= 0.6 is 23.5 Å². The zero-order valence-electron chi connectivity index (χ0n) is 13.3. The maximum absolute atomic E-state index is 12.3. The molecule has 0 aliphatic carbocycles. The highest BCUT2D eigenvalue weighted by Crippen LogP contribution is 2.19. The summed E-state index contributed by atoms with van der Waals surface area (Å²) in [6, 6.07) is 1.13. The summed E-state index contributed by atoms with van der Waals surface area (Å²) in [4.78, 5) is 14.4. The van der Waals surface area contributed by atoms with Crippen LogP contribution in [0.15, 0.2) is 0 Å². The summed E-state index contributed by atoms with van der Waals surface area (Å²) < 4.78 is 0. The second kappa shape index (κ2) is 10.0. The minimum atomic E-state index is 0.371. The van der Waals surface area contributed by atoms with Gasteiger partial charge in [0.2, 0.25) is 5.91 Å². The number of rotatable bonds is 5. The first-order valence-corrected chi connectivity index (χ1v) is 10.8. The van der Waals surface area contributed by atoms with Crippen molar-refractivity contribution in [3.05, 3.63) is 0 Å². The molecule has 1 N–H and O–H groups in total. The monoisotopic (exact) mass is 330 g/mol. The van der Waals surface area contributed by atoms with E-state index in [0.717, 1.165) is 32.4 Å². The fourth-order valence-electron chi connectivity index (χ4n) is 3.04. The van der Waals surface area contributed by atoms with Gasteiger partial charge in [-0.2, -0.15) is 23.5 Å². The van der Waals surface area contributed by atoms with Gasteiger partial charge in [0.25, 0.3) is 0 Å². The van der Waals surface area contributed by atoms with Crippen molar-refractivity contribution in [1.82, 2.24) is 10.2 Å². The lowest BCUT2D eigenvalue weighted by Gasteiger charge is -2.28. The van der Waals surface area contributed by atoms with E-state index < -0.39 is 0 Å². The predicted molar refractivity (Wildman–Crippen MR) is 95.3 cm³/mol. The van der Waals surface area contributed by atoms with Crippen LogP contribution in [-0.2, 0) is 4.79 Å². The lowest BCUT2D eigenvalue weighted by Crippen LogP contribution is -2.47. The number of nitrogens with one attached hydrogen (secondary N) is 1. The Balaban J connectivity index is 1.82. The van der Waals surface area contributed by atoms with Gasteiger partial charge >= 0.3 is 0 Å². The molecule has 2 aliphatic heterocycles. The molecule has 5 heteroatoms. The Labute approximate surface area is 138 Å². The van der Waals surface area contributed by atoms with Crippen molar-refractivity contribution in [2.45, 2.75) is 57.5 Å². The minimum Gasteiger partial charge on any atom is -0.341 e. The van der Waals surface area contributed by atoms with Crippen molar-refractivity contribution in [3.63, 3.8) is 0 Å². The van der Waals surface area contributed by atoms with Gasteiger partial charge in [-0.05, 0) is 19.3 Å². The van der Waals surface area contributed by atoms with Gasteiger partial charge < -0.3 is 10.2 Å². The van der Waals surface area contributed by atoms with E-state index in [1.165, 1.54) is 42.3 Å². The van der Waals surface area contributed by atoms with Crippen LogP contribution in [0, 0.1) is 0 Å². The highest BCUT2D eigenvalue weighted by Gasteiger charge is 2.24. The van der Waals surface area contributed by atoms with Gasteiger partial charge in [-0.25, -0.2) is 0 Å². The maximum atomic E-state index is 12.3. The summed E-state index contributed by atoms with van der Waals surface area (Å²) in [7, 11) is 0. The van der Waals surface area contributed by atoms with Crippen molar-refractivity contribution in [1.29, 1.82) is 0 Å². The number of nitrogens with zero attached hydrogens (tertiary/aromatic N) is 1. The SMILES string of the molecule is CCCCC(=O)N1CCCC[C@@H](NC2CSCCSC2)C1. The van der Waals surface area contributed by atoms with Crippen LogP contribution in [0.5, 0.6) is 0 Å². The Bertz CT molecular complexity index is 307. The van der Waals surface area contributed by atoms with Gasteiger partial charge in [0.05, 0.1) is 0 Å². The van der Waals surface area contributed by atoms with E-state index in [-0.39, 0.29) is 0 Å². The highest BCUT2D eigenvalue weighted by atomic mass is 32.2. The van der Waals surface area contributed by atoms with E-state index in [1.54, 1.807) is 0 Å². The van der Waals surface area contributed by atoms with E-state index in [4.69, 9.17) is 0 Å². The third kappa shape index (κ3) is 6.41. The third-order valence-electron chi connectivity index (χ3n) is 4.25. The van der Waals surface area contributed by atoms with Crippen LogP contribution in [0.2, 0.25) is 0 Å².